The summed E-state index contributed by atoms with van der Waals surface area (Å²) in [5.74, 6) is -1.69. The second kappa shape index (κ2) is 8.65. The predicted molar refractivity (Wildman–Crippen MR) is 119 cm³/mol. The van der Waals surface area contributed by atoms with Crippen LogP contribution in [0.3, 0.4) is 0 Å². The lowest BCUT2D eigenvalue weighted by Crippen LogP contribution is -2.56. The van der Waals surface area contributed by atoms with E-state index in [9.17, 15) is 14.4 Å². The Bertz CT molecular complexity index is 1000. The third-order valence-corrected chi connectivity index (χ3v) is 6.44. The summed E-state index contributed by atoms with van der Waals surface area (Å²) in [6.45, 7) is 3.38. The van der Waals surface area contributed by atoms with Crippen molar-refractivity contribution < 1.29 is 24.2 Å². The molecule has 0 radical (unpaired) electrons. The monoisotopic (exact) mass is 436 g/mol. The lowest BCUT2D eigenvalue weighted by Gasteiger charge is -2.27. The number of aliphatic carboxylic acids is 1. The van der Waals surface area contributed by atoms with Crippen molar-refractivity contribution in [3.63, 3.8) is 0 Å². The molecular weight excluding hydrogens is 408 g/mol. The van der Waals surface area contributed by atoms with Gasteiger partial charge in [0, 0.05) is 12.0 Å². The summed E-state index contributed by atoms with van der Waals surface area (Å²) in [6.07, 6.45) is 0.897. The Morgan fingerprint density at radius 1 is 1.00 bits per heavy atom. The second-order valence-electron chi connectivity index (χ2n) is 9.09. The van der Waals surface area contributed by atoms with Crippen LogP contribution in [0, 0.1) is 5.92 Å². The average molecular weight is 437 g/mol. The minimum Gasteiger partial charge on any atom is -0.481 e. The summed E-state index contributed by atoms with van der Waals surface area (Å²) in [4.78, 5) is 36.3. The molecule has 2 aromatic carbocycles. The molecule has 1 saturated carbocycles. The first kappa shape index (κ1) is 21.9. The summed E-state index contributed by atoms with van der Waals surface area (Å²) >= 11 is 0. The van der Waals surface area contributed by atoms with E-state index in [1.54, 1.807) is 13.8 Å². The fourth-order valence-electron chi connectivity index (χ4n) is 4.65. The van der Waals surface area contributed by atoms with Crippen LogP contribution >= 0.6 is 0 Å². The molecule has 1 fully saturated rings. The number of fused-ring (bicyclic) bond motifs is 3. The molecule has 0 aliphatic heterocycles. The fraction of sp³-hybridized carbons (Fsp3) is 0.400. The summed E-state index contributed by atoms with van der Waals surface area (Å²) in [5, 5.41) is 14.6. The molecular formula is C25H28N2O5. The van der Waals surface area contributed by atoms with Gasteiger partial charge in [-0.25, -0.2) is 4.79 Å². The molecule has 3 N–H and O–H groups in total. The topological polar surface area (TPSA) is 105 Å². The van der Waals surface area contributed by atoms with E-state index in [0.29, 0.717) is 19.3 Å². The van der Waals surface area contributed by atoms with Crippen LogP contribution in [0.2, 0.25) is 0 Å². The molecule has 0 spiro atoms. The van der Waals surface area contributed by atoms with Crippen molar-refractivity contribution in [1.82, 2.24) is 10.6 Å². The Morgan fingerprint density at radius 3 is 2.16 bits per heavy atom. The highest BCUT2D eigenvalue weighted by atomic mass is 16.5. The van der Waals surface area contributed by atoms with Crippen LogP contribution in [0.15, 0.2) is 48.5 Å². The van der Waals surface area contributed by atoms with Gasteiger partial charge in [-0.05, 0) is 55.4 Å². The van der Waals surface area contributed by atoms with E-state index in [-0.39, 0.29) is 24.5 Å². The number of hydrogen-bond acceptors (Lipinski definition) is 4. The lowest BCUT2D eigenvalue weighted by molar-refractivity contribution is -0.141. The summed E-state index contributed by atoms with van der Waals surface area (Å²) < 4.78 is 5.54. The van der Waals surface area contributed by atoms with Crippen molar-refractivity contribution in [2.24, 2.45) is 5.92 Å². The molecule has 7 heteroatoms. The van der Waals surface area contributed by atoms with E-state index < -0.39 is 23.5 Å². The number of benzene rings is 2. The quantitative estimate of drug-likeness (QED) is 0.641. The normalized spacial score (nSPS) is 19.7. The third-order valence-electron chi connectivity index (χ3n) is 6.44. The second-order valence-corrected chi connectivity index (χ2v) is 9.09. The summed E-state index contributed by atoms with van der Waals surface area (Å²) in [5.41, 5.74) is 3.34. The van der Waals surface area contributed by atoms with Gasteiger partial charge in [-0.1, -0.05) is 48.5 Å². The van der Waals surface area contributed by atoms with Gasteiger partial charge in [0.1, 0.15) is 12.1 Å². The van der Waals surface area contributed by atoms with Gasteiger partial charge < -0.3 is 20.5 Å². The van der Waals surface area contributed by atoms with Gasteiger partial charge in [-0.3, -0.25) is 9.59 Å². The van der Waals surface area contributed by atoms with Gasteiger partial charge in [0.15, 0.2) is 0 Å². The van der Waals surface area contributed by atoms with E-state index in [0.717, 1.165) is 22.3 Å². The van der Waals surface area contributed by atoms with Crippen LogP contribution in [-0.2, 0) is 14.3 Å². The first-order chi connectivity index (χ1) is 15.3. The molecule has 4 rings (SSSR count). The predicted octanol–water partition coefficient (Wildman–Crippen LogP) is 3.67. The molecule has 2 unspecified atom stereocenters. The van der Waals surface area contributed by atoms with Crippen LogP contribution in [0.4, 0.5) is 4.79 Å². The van der Waals surface area contributed by atoms with E-state index in [4.69, 9.17) is 9.84 Å². The lowest BCUT2D eigenvalue weighted by atomic mass is 9.98. The molecule has 0 heterocycles. The number of rotatable bonds is 6. The van der Waals surface area contributed by atoms with Crippen LogP contribution < -0.4 is 10.6 Å². The minimum absolute atomic E-state index is 0.0588. The zero-order valence-electron chi connectivity index (χ0n) is 18.3. The highest BCUT2D eigenvalue weighted by Gasteiger charge is 2.36. The van der Waals surface area contributed by atoms with Gasteiger partial charge in [0.25, 0.3) is 0 Å². The Kier molecular flexibility index (Phi) is 5.91. The van der Waals surface area contributed by atoms with Gasteiger partial charge >= 0.3 is 12.1 Å². The van der Waals surface area contributed by atoms with Gasteiger partial charge in [-0.15, -0.1) is 0 Å². The highest BCUT2D eigenvalue weighted by Crippen LogP contribution is 2.44. The van der Waals surface area contributed by atoms with Crippen molar-refractivity contribution >= 4 is 18.0 Å². The molecule has 2 aliphatic rings. The molecule has 0 saturated heterocycles. The van der Waals surface area contributed by atoms with Gasteiger partial charge in [0.2, 0.25) is 5.91 Å². The van der Waals surface area contributed by atoms with Crippen molar-refractivity contribution in [1.29, 1.82) is 0 Å². The first-order valence-corrected chi connectivity index (χ1v) is 10.9. The van der Waals surface area contributed by atoms with Crippen LogP contribution in [0.1, 0.15) is 50.2 Å². The molecule has 2 amide bonds. The minimum atomic E-state index is -1.19. The molecule has 2 atom stereocenters. The standard InChI is InChI=1S/C25H28N2O5/c1-25(2,23(30)26-16-12-11-15(13-16)22(28)29)27-24(31)32-14-21-19-9-5-3-7-17(19)18-8-4-6-10-20(18)21/h3-10,15-16,21H,11-14H2,1-2H3,(H,26,30)(H,27,31)(H,28,29). The molecule has 32 heavy (non-hydrogen) atoms. The third kappa shape index (κ3) is 4.33. The first-order valence-electron chi connectivity index (χ1n) is 10.9. The van der Waals surface area contributed by atoms with Crippen LogP contribution in [-0.4, -0.2) is 41.3 Å². The van der Waals surface area contributed by atoms with Crippen LogP contribution in [0.5, 0.6) is 0 Å². The Morgan fingerprint density at radius 2 is 1.59 bits per heavy atom. The summed E-state index contributed by atoms with van der Waals surface area (Å²) in [7, 11) is 0. The molecule has 7 nitrogen and oxygen atoms in total. The maximum atomic E-state index is 12.7. The smallest absolute Gasteiger partial charge is 0.408 e. The number of ether oxygens (including phenoxy) is 1. The van der Waals surface area contributed by atoms with Crippen molar-refractivity contribution in [2.75, 3.05) is 6.61 Å². The van der Waals surface area contributed by atoms with E-state index >= 15 is 0 Å². The zero-order valence-corrected chi connectivity index (χ0v) is 18.3. The average Bonchev–Trinajstić information content (AvgIpc) is 3.35. The maximum Gasteiger partial charge on any atom is 0.408 e. The van der Waals surface area contributed by atoms with E-state index in [2.05, 4.69) is 22.8 Å². The number of alkyl carbamates (subject to hydrolysis) is 1. The number of nitrogens with one attached hydrogen (secondary N) is 2. The molecule has 168 valence electrons. The Hall–Kier alpha value is -3.35. The number of carboxylic acid groups (broad SMARTS) is 1. The highest BCUT2D eigenvalue weighted by molar-refractivity contribution is 5.89. The van der Waals surface area contributed by atoms with Crippen molar-refractivity contribution in [3.8, 4) is 11.1 Å². The van der Waals surface area contributed by atoms with Crippen LogP contribution in [0.25, 0.3) is 11.1 Å². The number of carbonyl (C=O) groups is 3. The zero-order chi connectivity index (χ0) is 22.9. The molecule has 2 aliphatic carbocycles. The van der Waals surface area contributed by atoms with E-state index in [1.165, 1.54) is 0 Å². The largest absolute Gasteiger partial charge is 0.481 e. The Labute approximate surface area is 187 Å². The van der Waals surface area contributed by atoms with Crippen molar-refractivity contribution in [2.45, 2.75) is 50.6 Å². The number of hydrogen-bond donors (Lipinski definition) is 3. The van der Waals surface area contributed by atoms with Gasteiger partial charge in [-0.2, -0.15) is 0 Å². The SMILES string of the molecule is CC(C)(NC(=O)OCC1c2ccccc2-c2ccccc21)C(=O)NC1CCC(C(=O)O)C1. The number of amides is 2. The summed E-state index contributed by atoms with van der Waals surface area (Å²) in [6, 6.07) is 16.0. The Balaban J connectivity index is 1.35. The van der Waals surface area contributed by atoms with Gasteiger partial charge in [0.05, 0.1) is 5.92 Å². The number of carboxylic acids is 1. The molecule has 0 aromatic heterocycles. The fourth-order valence-corrected chi connectivity index (χ4v) is 4.65. The number of carbonyl (C=O) groups excluding carboxylic acids is 2. The molecule has 0 bridgehead atoms. The maximum absolute atomic E-state index is 12.7. The van der Waals surface area contributed by atoms with Crippen molar-refractivity contribution in [3.05, 3.63) is 59.7 Å². The van der Waals surface area contributed by atoms with E-state index in [1.807, 2.05) is 36.4 Å². The molecule has 2 aromatic rings.